The third kappa shape index (κ3) is 4.57. The van der Waals surface area contributed by atoms with Gasteiger partial charge in [-0.15, -0.1) is 11.6 Å². The number of amides is 2. The summed E-state index contributed by atoms with van der Waals surface area (Å²) in [7, 11) is 5.14. The van der Waals surface area contributed by atoms with Crippen LogP contribution in [0.5, 0.6) is 5.88 Å². The van der Waals surface area contributed by atoms with Gasteiger partial charge in [-0.25, -0.2) is 14.1 Å². The zero-order chi connectivity index (χ0) is 28.2. The van der Waals surface area contributed by atoms with Crippen molar-refractivity contribution in [1.29, 1.82) is 0 Å². The number of hydrogen-bond acceptors (Lipinski definition) is 7. The van der Waals surface area contributed by atoms with Gasteiger partial charge in [-0.2, -0.15) is 10.1 Å². The van der Waals surface area contributed by atoms with E-state index in [1.807, 2.05) is 27.9 Å². The lowest BCUT2D eigenvalue weighted by molar-refractivity contribution is -0.122. The van der Waals surface area contributed by atoms with E-state index >= 15 is 0 Å². The topological polar surface area (TPSA) is 105 Å². The number of methoxy groups -OCH3 is 1. The van der Waals surface area contributed by atoms with Crippen LogP contribution in [0.1, 0.15) is 59.5 Å². The fourth-order valence-corrected chi connectivity index (χ4v) is 5.61. The van der Waals surface area contributed by atoms with Crippen molar-refractivity contribution in [2.45, 2.75) is 43.6 Å². The van der Waals surface area contributed by atoms with E-state index in [2.05, 4.69) is 15.3 Å². The summed E-state index contributed by atoms with van der Waals surface area (Å²) >= 11 is 12.3. The molecule has 39 heavy (non-hydrogen) atoms. The van der Waals surface area contributed by atoms with Gasteiger partial charge in [0.25, 0.3) is 5.91 Å². The zero-order valence-corrected chi connectivity index (χ0v) is 23.6. The molecule has 1 aromatic carbocycles. The van der Waals surface area contributed by atoms with Gasteiger partial charge in [0, 0.05) is 26.2 Å². The molecular weight excluding hydrogens is 548 g/mol. The highest BCUT2D eigenvalue weighted by Gasteiger charge is 2.48. The predicted octanol–water partition coefficient (Wildman–Crippen LogP) is 3.69. The minimum Gasteiger partial charge on any atom is -0.479 e. The van der Waals surface area contributed by atoms with E-state index in [0.717, 1.165) is 5.69 Å². The smallest absolute Gasteiger partial charge is 0.275 e. The lowest BCUT2D eigenvalue weighted by Gasteiger charge is -2.38. The molecule has 3 atom stereocenters. The molecule has 13 heteroatoms. The number of fused-ring (bicyclic) bond motifs is 1. The van der Waals surface area contributed by atoms with Crippen LogP contribution in [0.15, 0.2) is 24.4 Å². The summed E-state index contributed by atoms with van der Waals surface area (Å²) in [5.41, 5.74) is 2.58. The number of carbonyl (C=O) groups is 2. The first-order chi connectivity index (χ1) is 18.5. The Morgan fingerprint density at radius 1 is 1.26 bits per heavy atom. The van der Waals surface area contributed by atoms with Gasteiger partial charge in [0.05, 0.1) is 36.1 Å². The first-order valence-electron chi connectivity index (χ1n) is 12.4. The highest BCUT2D eigenvalue weighted by molar-refractivity contribution is 6.31. The largest absolute Gasteiger partial charge is 0.479 e. The molecule has 0 radical (unpaired) electrons. The molecule has 3 unspecified atom stereocenters. The Kier molecular flexibility index (Phi) is 7.15. The summed E-state index contributed by atoms with van der Waals surface area (Å²) in [4.78, 5) is 38.4. The van der Waals surface area contributed by atoms with E-state index in [1.54, 1.807) is 26.7 Å². The number of nitrogens with zero attached hydrogens (tertiary/aromatic N) is 6. The number of rotatable bonds is 6. The van der Waals surface area contributed by atoms with Gasteiger partial charge < -0.3 is 19.9 Å². The minimum absolute atomic E-state index is 0.0248. The van der Waals surface area contributed by atoms with Crippen molar-refractivity contribution >= 4 is 41.0 Å². The fourth-order valence-electron chi connectivity index (χ4n) is 5.21. The van der Waals surface area contributed by atoms with Crippen LogP contribution in [0.25, 0.3) is 5.69 Å². The third-order valence-corrected chi connectivity index (χ3v) is 7.65. The molecule has 2 amide bonds. The van der Waals surface area contributed by atoms with Crippen LogP contribution in [0, 0.1) is 5.82 Å². The maximum absolute atomic E-state index is 14.7. The van der Waals surface area contributed by atoms with Crippen molar-refractivity contribution in [3.63, 3.8) is 0 Å². The molecule has 3 aromatic rings. The normalized spacial score (nSPS) is 20.8. The van der Waals surface area contributed by atoms with Gasteiger partial charge >= 0.3 is 0 Å². The summed E-state index contributed by atoms with van der Waals surface area (Å²) in [5.74, 6) is -0.606. The first-order valence-corrected chi connectivity index (χ1v) is 13.3. The van der Waals surface area contributed by atoms with E-state index in [4.69, 9.17) is 33.0 Å². The summed E-state index contributed by atoms with van der Waals surface area (Å²) in [6, 6.07) is 3.38. The maximum Gasteiger partial charge on any atom is 0.275 e. The lowest BCUT2D eigenvalue weighted by Crippen LogP contribution is -2.53. The standard InChI is InChI=1S/C26H28Cl2FN7O3/c1-12(2)21-19-20(33-36(21)18-11-31-26(34(3)4)32-24(18)39-5)25(38)35(14-9-16(28)23(37)30-10-14)22(19)13-6-7-15(27)17(29)8-13/h6-8,11-12,14,16,22H,9-10H2,1-5H3,(H,30,37). The number of ether oxygens (including phenoxy) is 1. The second kappa shape index (κ2) is 10.3. The monoisotopic (exact) mass is 575 g/mol. The molecular formula is C26H28Cl2FN7O3. The molecule has 0 bridgehead atoms. The second-order valence-electron chi connectivity index (χ2n) is 10.1. The van der Waals surface area contributed by atoms with Gasteiger partial charge in [-0.05, 0) is 30.0 Å². The summed E-state index contributed by atoms with van der Waals surface area (Å²) in [5, 5.41) is 6.70. The number of alkyl halides is 1. The quantitative estimate of drug-likeness (QED) is 0.447. The van der Waals surface area contributed by atoms with Crippen LogP contribution in [0.2, 0.25) is 5.02 Å². The van der Waals surface area contributed by atoms with Crippen LogP contribution in [0.3, 0.4) is 0 Å². The van der Waals surface area contributed by atoms with Gasteiger partial charge in [0.1, 0.15) is 16.9 Å². The number of nitrogens with one attached hydrogen (secondary N) is 1. The van der Waals surface area contributed by atoms with Crippen LogP contribution >= 0.6 is 23.2 Å². The molecule has 0 saturated carbocycles. The van der Waals surface area contributed by atoms with Crippen molar-refractivity contribution in [3.05, 3.63) is 57.8 Å². The molecule has 4 heterocycles. The molecule has 1 saturated heterocycles. The molecule has 0 spiro atoms. The van der Waals surface area contributed by atoms with Crippen molar-refractivity contribution < 1.29 is 18.7 Å². The Morgan fingerprint density at radius 3 is 2.62 bits per heavy atom. The molecule has 1 N–H and O–H groups in total. The Labute approximate surface area is 235 Å². The van der Waals surface area contributed by atoms with E-state index < -0.39 is 23.3 Å². The Balaban J connectivity index is 1.72. The molecule has 5 rings (SSSR count). The minimum atomic E-state index is -0.798. The number of aromatic nitrogens is 4. The first kappa shape index (κ1) is 27.1. The number of piperidine rings is 1. The molecule has 1 fully saturated rings. The van der Waals surface area contributed by atoms with Crippen molar-refractivity contribution in [1.82, 2.24) is 30.0 Å². The highest BCUT2D eigenvalue weighted by Crippen LogP contribution is 2.46. The van der Waals surface area contributed by atoms with E-state index in [-0.39, 0.29) is 47.3 Å². The van der Waals surface area contributed by atoms with Crippen LogP contribution in [0.4, 0.5) is 10.3 Å². The summed E-state index contributed by atoms with van der Waals surface area (Å²) < 4.78 is 22.0. The van der Waals surface area contributed by atoms with Gasteiger partial charge in [0.2, 0.25) is 17.7 Å². The average Bonchev–Trinajstić information content (AvgIpc) is 3.42. The Hall–Kier alpha value is -3.44. The van der Waals surface area contributed by atoms with E-state index in [1.165, 1.54) is 19.2 Å². The zero-order valence-electron chi connectivity index (χ0n) is 22.1. The molecule has 2 aliphatic rings. The number of anilines is 1. The van der Waals surface area contributed by atoms with E-state index in [9.17, 15) is 14.0 Å². The highest BCUT2D eigenvalue weighted by atomic mass is 35.5. The van der Waals surface area contributed by atoms with Crippen LogP contribution in [-0.2, 0) is 4.79 Å². The Bertz CT molecular complexity index is 1460. The van der Waals surface area contributed by atoms with Crippen LogP contribution < -0.4 is 15.0 Å². The molecule has 0 aliphatic carbocycles. The molecule has 2 aliphatic heterocycles. The van der Waals surface area contributed by atoms with Crippen LogP contribution in [-0.4, -0.2) is 75.6 Å². The summed E-state index contributed by atoms with van der Waals surface area (Å²) in [6.07, 6.45) is 1.85. The summed E-state index contributed by atoms with van der Waals surface area (Å²) in [6.45, 7) is 4.18. The number of hydrogen-bond donors (Lipinski definition) is 1. The Morgan fingerprint density at radius 2 is 2.00 bits per heavy atom. The maximum atomic E-state index is 14.7. The average molecular weight is 576 g/mol. The second-order valence-corrected chi connectivity index (χ2v) is 11.0. The molecule has 10 nitrogen and oxygen atoms in total. The fraction of sp³-hybridized carbons (Fsp3) is 0.423. The van der Waals surface area contributed by atoms with Gasteiger partial charge in [-0.3, -0.25) is 9.59 Å². The van der Waals surface area contributed by atoms with Crippen molar-refractivity contribution in [3.8, 4) is 11.6 Å². The number of halogens is 3. The number of benzene rings is 1. The van der Waals surface area contributed by atoms with E-state index in [0.29, 0.717) is 22.8 Å². The lowest BCUT2D eigenvalue weighted by atomic mass is 9.93. The van der Waals surface area contributed by atoms with Crippen molar-refractivity contribution in [2.75, 3.05) is 32.6 Å². The molecule has 206 valence electrons. The van der Waals surface area contributed by atoms with Gasteiger partial charge in [0.15, 0.2) is 5.69 Å². The predicted molar refractivity (Wildman–Crippen MR) is 145 cm³/mol. The van der Waals surface area contributed by atoms with Gasteiger partial charge in [-0.1, -0.05) is 31.5 Å². The SMILES string of the molecule is COc1nc(N(C)C)ncc1-n1nc2c(c1C(C)C)C(c1ccc(Cl)c(F)c1)N(C1CNC(=O)C(Cl)C1)C2=O. The number of carbonyl (C=O) groups excluding carboxylic acids is 2. The third-order valence-electron chi connectivity index (χ3n) is 6.97. The molecule has 2 aromatic heterocycles. The van der Waals surface area contributed by atoms with Crippen molar-refractivity contribution in [2.24, 2.45) is 0 Å².